The van der Waals surface area contributed by atoms with Crippen LogP contribution in [0.25, 0.3) is 0 Å². The molecule has 164 valence electrons. The van der Waals surface area contributed by atoms with Crippen LogP contribution < -0.4 is 0 Å². The number of ether oxygens (including phenoxy) is 2. The Labute approximate surface area is 175 Å². The Hall–Kier alpha value is -1.33. The van der Waals surface area contributed by atoms with Crippen molar-refractivity contribution < 1.29 is 33.1 Å². The summed E-state index contributed by atoms with van der Waals surface area (Å²) in [5.74, 6) is -2.39. The molecule has 0 spiro atoms. The SMILES string of the molecule is CCC(C)(C1CC(=O)OC1=O)[Si](C)(C)OC(C)(CC)[Si](C)(C)C1CC(=O)OC1=O. The van der Waals surface area contributed by atoms with Gasteiger partial charge in [-0.3, -0.25) is 19.2 Å². The number of carbonyl (C=O) groups excluding carboxylic acids is 4. The predicted molar refractivity (Wildman–Crippen MR) is 112 cm³/mol. The molecule has 9 heteroatoms. The third-order valence-corrected chi connectivity index (χ3v) is 18.0. The highest BCUT2D eigenvalue weighted by Crippen LogP contribution is 2.54. The topological polar surface area (TPSA) is 96.0 Å². The molecule has 2 aliphatic heterocycles. The second-order valence-corrected chi connectivity index (χ2v) is 19.4. The van der Waals surface area contributed by atoms with Crippen LogP contribution in [0, 0.1) is 5.92 Å². The van der Waals surface area contributed by atoms with Crippen LogP contribution in [0.3, 0.4) is 0 Å². The van der Waals surface area contributed by atoms with Gasteiger partial charge in [-0.1, -0.05) is 40.3 Å². The molecule has 2 rings (SSSR count). The predicted octanol–water partition coefficient (Wildman–Crippen LogP) is 3.73. The number of carbonyl (C=O) groups is 4. The van der Waals surface area contributed by atoms with Crippen molar-refractivity contribution in [1.82, 2.24) is 0 Å². The van der Waals surface area contributed by atoms with E-state index < -0.39 is 62.0 Å². The average molecular weight is 443 g/mol. The fourth-order valence-electron chi connectivity index (χ4n) is 4.78. The van der Waals surface area contributed by atoms with Crippen molar-refractivity contribution in [1.29, 1.82) is 0 Å². The monoisotopic (exact) mass is 442 g/mol. The highest BCUT2D eigenvalue weighted by atomic mass is 28.4. The molecule has 0 aromatic carbocycles. The van der Waals surface area contributed by atoms with Crippen LogP contribution in [-0.2, 0) is 33.1 Å². The summed E-state index contributed by atoms with van der Waals surface area (Å²) in [5, 5.41) is -1.11. The molecule has 0 radical (unpaired) electrons. The minimum atomic E-state index is -2.60. The normalized spacial score (nSPS) is 27.4. The molecular formula is C20H34O7Si2. The van der Waals surface area contributed by atoms with Crippen molar-refractivity contribution in [3.05, 3.63) is 0 Å². The molecular weight excluding hydrogens is 408 g/mol. The van der Waals surface area contributed by atoms with Crippen LogP contribution in [0.1, 0.15) is 53.4 Å². The zero-order valence-corrected chi connectivity index (χ0v) is 20.8. The summed E-state index contributed by atoms with van der Waals surface area (Å²) in [6.07, 6.45) is 1.53. The number of hydrogen-bond donors (Lipinski definition) is 0. The summed E-state index contributed by atoms with van der Waals surface area (Å²) in [6, 6.07) is 0. The lowest BCUT2D eigenvalue weighted by atomic mass is 9.89. The molecule has 4 atom stereocenters. The Morgan fingerprint density at radius 3 is 1.79 bits per heavy atom. The van der Waals surface area contributed by atoms with Crippen LogP contribution >= 0.6 is 0 Å². The third kappa shape index (κ3) is 3.88. The van der Waals surface area contributed by atoms with Crippen molar-refractivity contribution in [3.8, 4) is 0 Å². The summed E-state index contributed by atoms with van der Waals surface area (Å²) in [5.41, 5.74) is -0.448. The Morgan fingerprint density at radius 1 is 0.897 bits per heavy atom. The molecule has 29 heavy (non-hydrogen) atoms. The van der Waals surface area contributed by atoms with Crippen molar-refractivity contribution >= 4 is 40.3 Å². The van der Waals surface area contributed by atoms with Gasteiger partial charge in [0.25, 0.3) is 0 Å². The van der Waals surface area contributed by atoms with Crippen molar-refractivity contribution in [3.63, 3.8) is 0 Å². The zero-order chi connectivity index (χ0) is 22.4. The molecule has 0 saturated carbocycles. The maximum atomic E-state index is 12.4. The van der Waals surface area contributed by atoms with Gasteiger partial charge in [-0.15, -0.1) is 0 Å². The van der Waals surface area contributed by atoms with Crippen LogP contribution in [-0.4, -0.2) is 45.5 Å². The number of hydrogen-bond acceptors (Lipinski definition) is 7. The summed E-state index contributed by atoms with van der Waals surface area (Å²) in [7, 11) is -5.07. The standard InChI is InChI=1S/C20H34O7Si2/c1-9-19(3,13-11-15(21)25-17(13)23)29(7,8)27-20(4,10-2)28(5,6)14-12-16(22)26-18(14)24/h13-14H,9-12H2,1-8H3. The molecule has 2 heterocycles. The quantitative estimate of drug-likeness (QED) is 0.321. The lowest BCUT2D eigenvalue weighted by Gasteiger charge is -2.53. The van der Waals surface area contributed by atoms with Gasteiger partial charge in [0.2, 0.25) is 0 Å². The van der Waals surface area contributed by atoms with Gasteiger partial charge in [0.1, 0.15) is 0 Å². The van der Waals surface area contributed by atoms with E-state index in [0.29, 0.717) is 12.8 Å². The van der Waals surface area contributed by atoms with E-state index in [2.05, 4.69) is 26.2 Å². The number of esters is 4. The largest absolute Gasteiger partial charge is 0.414 e. The van der Waals surface area contributed by atoms with Gasteiger partial charge < -0.3 is 13.9 Å². The highest BCUT2D eigenvalue weighted by molar-refractivity contribution is 6.86. The van der Waals surface area contributed by atoms with Gasteiger partial charge in [-0.2, -0.15) is 0 Å². The summed E-state index contributed by atoms with van der Waals surface area (Å²) < 4.78 is 16.6. The Kier molecular flexibility index (Phi) is 6.39. The van der Waals surface area contributed by atoms with Crippen LogP contribution in [0.2, 0.25) is 36.8 Å². The zero-order valence-electron chi connectivity index (χ0n) is 18.8. The Bertz CT molecular complexity index is 732. The minimum absolute atomic E-state index is 0.0794. The first-order valence-electron chi connectivity index (χ1n) is 10.3. The van der Waals surface area contributed by atoms with Gasteiger partial charge in [0.15, 0.2) is 8.32 Å². The maximum absolute atomic E-state index is 12.4. The molecule has 0 aromatic rings. The number of cyclic esters (lactones) is 4. The molecule has 2 aliphatic rings. The Morgan fingerprint density at radius 2 is 1.41 bits per heavy atom. The first-order chi connectivity index (χ1) is 13.1. The number of rotatable bonds is 8. The lowest BCUT2D eigenvalue weighted by Crippen LogP contribution is -2.64. The third-order valence-electron chi connectivity index (χ3n) is 8.01. The molecule has 0 N–H and O–H groups in total. The second-order valence-electron chi connectivity index (χ2n) is 9.79. The molecule has 0 bridgehead atoms. The molecule has 0 aromatic heterocycles. The van der Waals surface area contributed by atoms with Gasteiger partial charge in [0.05, 0.1) is 32.4 Å². The molecule has 2 saturated heterocycles. The molecule has 7 nitrogen and oxygen atoms in total. The van der Waals surface area contributed by atoms with Crippen LogP contribution in [0.4, 0.5) is 0 Å². The van der Waals surface area contributed by atoms with Gasteiger partial charge in [-0.25, -0.2) is 0 Å². The van der Waals surface area contributed by atoms with E-state index in [9.17, 15) is 19.2 Å². The maximum Gasteiger partial charge on any atom is 0.317 e. The van der Waals surface area contributed by atoms with E-state index in [1.807, 2.05) is 27.7 Å². The van der Waals surface area contributed by atoms with E-state index in [-0.39, 0.29) is 12.8 Å². The minimum Gasteiger partial charge on any atom is -0.414 e. The van der Waals surface area contributed by atoms with E-state index in [1.54, 1.807) is 0 Å². The molecule has 0 amide bonds. The van der Waals surface area contributed by atoms with E-state index >= 15 is 0 Å². The van der Waals surface area contributed by atoms with Crippen LogP contribution in [0.5, 0.6) is 0 Å². The van der Waals surface area contributed by atoms with Gasteiger partial charge >= 0.3 is 23.9 Å². The molecule has 2 fully saturated rings. The van der Waals surface area contributed by atoms with Crippen molar-refractivity contribution in [2.24, 2.45) is 5.92 Å². The highest BCUT2D eigenvalue weighted by Gasteiger charge is 2.61. The van der Waals surface area contributed by atoms with E-state index in [0.717, 1.165) is 0 Å². The van der Waals surface area contributed by atoms with E-state index in [1.165, 1.54) is 0 Å². The van der Waals surface area contributed by atoms with Crippen LogP contribution in [0.15, 0.2) is 0 Å². The molecule has 4 unspecified atom stereocenters. The first-order valence-corrected chi connectivity index (χ1v) is 16.3. The van der Waals surface area contributed by atoms with Crippen molar-refractivity contribution in [2.45, 2.75) is 95.4 Å². The average Bonchev–Trinajstić information content (AvgIpc) is 3.14. The fourth-order valence-corrected chi connectivity index (χ4v) is 13.0. The fraction of sp³-hybridized carbons (Fsp3) is 0.800. The van der Waals surface area contributed by atoms with E-state index in [4.69, 9.17) is 13.9 Å². The molecule has 0 aliphatic carbocycles. The second kappa shape index (κ2) is 7.74. The Balaban J connectivity index is 2.40. The summed E-state index contributed by atoms with van der Waals surface area (Å²) in [6.45, 7) is 16.4. The summed E-state index contributed by atoms with van der Waals surface area (Å²) in [4.78, 5) is 48.2. The lowest BCUT2D eigenvalue weighted by molar-refractivity contribution is -0.154. The van der Waals surface area contributed by atoms with Gasteiger partial charge in [-0.05, 0) is 26.4 Å². The van der Waals surface area contributed by atoms with Gasteiger partial charge in [0, 0.05) is 10.3 Å². The summed E-state index contributed by atoms with van der Waals surface area (Å²) >= 11 is 0. The smallest absolute Gasteiger partial charge is 0.317 e. The first kappa shape index (κ1) is 23.9. The van der Waals surface area contributed by atoms with Crippen molar-refractivity contribution in [2.75, 3.05) is 0 Å².